The van der Waals surface area contributed by atoms with E-state index in [9.17, 15) is 0 Å². The third-order valence-electron chi connectivity index (χ3n) is 1.06. The number of hydrogen-bond acceptors (Lipinski definition) is 3. The number of hydrazine groups is 1. The molecule has 11 heavy (non-hydrogen) atoms. The van der Waals surface area contributed by atoms with Crippen LogP contribution < -0.4 is 11.3 Å². The number of nitrogens with zero attached hydrogens (tertiary/aromatic N) is 1. The van der Waals surface area contributed by atoms with Crippen LogP contribution in [-0.4, -0.2) is 4.98 Å². The van der Waals surface area contributed by atoms with Crippen molar-refractivity contribution in [2.45, 2.75) is 20.8 Å². The van der Waals surface area contributed by atoms with E-state index in [1.807, 2.05) is 32.9 Å². The largest absolute Gasteiger partial charge is 0.308 e. The number of aromatic nitrogens is 1. The molecular weight excluding hydrogens is 138 g/mol. The van der Waals surface area contributed by atoms with E-state index >= 15 is 0 Å². The molecule has 0 bridgehead atoms. The Morgan fingerprint density at radius 2 is 2.09 bits per heavy atom. The minimum atomic E-state index is 0.704. The summed E-state index contributed by atoms with van der Waals surface area (Å²) >= 11 is 0. The van der Waals surface area contributed by atoms with E-state index in [-0.39, 0.29) is 0 Å². The molecule has 3 nitrogen and oxygen atoms in total. The molecule has 0 unspecified atom stereocenters. The first-order chi connectivity index (χ1) is 5.33. The van der Waals surface area contributed by atoms with Crippen LogP contribution in [0.1, 0.15) is 19.4 Å². The van der Waals surface area contributed by atoms with Gasteiger partial charge in [0.25, 0.3) is 0 Å². The predicted molar refractivity (Wildman–Crippen MR) is 48.1 cm³/mol. The van der Waals surface area contributed by atoms with Gasteiger partial charge in [0.05, 0.1) is 0 Å². The lowest BCUT2D eigenvalue weighted by molar-refractivity contribution is 1.21. The van der Waals surface area contributed by atoms with Gasteiger partial charge in [-0.25, -0.2) is 10.8 Å². The van der Waals surface area contributed by atoms with Crippen molar-refractivity contribution in [1.82, 2.24) is 4.98 Å². The van der Waals surface area contributed by atoms with Crippen molar-refractivity contribution in [2.75, 3.05) is 5.43 Å². The molecule has 3 heteroatoms. The Morgan fingerprint density at radius 3 is 2.45 bits per heavy atom. The van der Waals surface area contributed by atoms with Crippen LogP contribution in [0.2, 0.25) is 0 Å². The maximum absolute atomic E-state index is 5.11. The third kappa shape index (κ3) is 3.57. The van der Waals surface area contributed by atoms with E-state index in [4.69, 9.17) is 5.84 Å². The number of rotatable bonds is 1. The van der Waals surface area contributed by atoms with E-state index in [2.05, 4.69) is 10.4 Å². The highest BCUT2D eigenvalue weighted by Crippen LogP contribution is 2.01. The second-order valence-electron chi connectivity index (χ2n) is 1.86. The Balaban J connectivity index is 0.000000461. The summed E-state index contributed by atoms with van der Waals surface area (Å²) < 4.78 is 0. The minimum Gasteiger partial charge on any atom is -0.308 e. The number of hydrogen-bond donors (Lipinski definition) is 2. The van der Waals surface area contributed by atoms with Gasteiger partial charge in [-0.05, 0) is 24.6 Å². The van der Waals surface area contributed by atoms with Gasteiger partial charge in [-0.3, -0.25) is 0 Å². The number of nitrogens with two attached hydrogens (primary N) is 1. The molecule has 1 aromatic heterocycles. The fraction of sp³-hybridized carbons (Fsp3) is 0.375. The molecule has 0 aromatic carbocycles. The molecule has 0 saturated carbocycles. The minimum absolute atomic E-state index is 0.704. The van der Waals surface area contributed by atoms with E-state index < -0.39 is 0 Å². The van der Waals surface area contributed by atoms with Crippen molar-refractivity contribution in [3.05, 3.63) is 23.9 Å². The van der Waals surface area contributed by atoms with Crippen LogP contribution in [0.4, 0.5) is 5.82 Å². The Morgan fingerprint density at radius 1 is 1.45 bits per heavy atom. The first-order valence-electron chi connectivity index (χ1n) is 3.72. The first-order valence-corrected chi connectivity index (χ1v) is 3.72. The standard InChI is InChI=1S/C6H9N3.C2H6/c1-5-2-3-8-6(4-5)9-7;1-2/h2-4H,7H2,1H3,(H,8,9);1-2H3. The average Bonchev–Trinajstić information content (AvgIpc) is 2.08. The number of nitrogen functional groups attached to an aromatic ring is 1. The van der Waals surface area contributed by atoms with Gasteiger partial charge < -0.3 is 5.43 Å². The highest BCUT2D eigenvalue weighted by Gasteiger charge is 1.86. The van der Waals surface area contributed by atoms with Crippen LogP contribution in [0.3, 0.4) is 0 Å². The van der Waals surface area contributed by atoms with Gasteiger partial charge in [0.15, 0.2) is 0 Å². The lowest BCUT2D eigenvalue weighted by atomic mass is 10.3. The zero-order chi connectivity index (χ0) is 8.69. The van der Waals surface area contributed by atoms with E-state index in [1.54, 1.807) is 6.20 Å². The molecule has 0 atom stereocenters. The summed E-state index contributed by atoms with van der Waals surface area (Å²) in [5, 5.41) is 0. The van der Waals surface area contributed by atoms with Crippen molar-refractivity contribution >= 4 is 5.82 Å². The van der Waals surface area contributed by atoms with Gasteiger partial charge in [0, 0.05) is 6.20 Å². The number of aryl methyl sites for hydroxylation is 1. The highest BCUT2D eigenvalue weighted by molar-refractivity contribution is 5.35. The van der Waals surface area contributed by atoms with Gasteiger partial charge in [0.2, 0.25) is 0 Å². The van der Waals surface area contributed by atoms with Crippen LogP contribution in [0.5, 0.6) is 0 Å². The third-order valence-corrected chi connectivity index (χ3v) is 1.06. The molecule has 0 spiro atoms. The molecule has 3 N–H and O–H groups in total. The van der Waals surface area contributed by atoms with E-state index in [0.717, 1.165) is 5.56 Å². The van der Waals surface area contributed by atoms with Crippen LogP contribution in [0.15, 0.2) is 18.3 Å². The molecule has 0 amide bonds. The monoisotopic (exact) mass is 153 g/mol. The number of anilines is 1. The Hall–Kier alpha value is -1.09. The summed E-state index contributed by atoms with van der Waals surface area (Å²) in [6, 6.07) is 3.79. The van der Waals surface area contributed by atoms with Gasteiger partial charge in [-0.1, -0.05) is 13.8 Å². The molecule has 62 valence electrons. The van der Waals surface area contributed by atoms with Gasteiger partial charge >= 0.3 is 0 Å². The molecule has 0 saturated heterocycles. The smallest absolute Gasteiger partial charge is 0.140 e. The van der Waals surface area contributed by atoms with Crippen LogP contribution >= 0.6 is 0 Å². The number of nitrogens with one attached hydrogen (secondary N) is 1. The molecule has 1 heterocycles. The van der Waals surface area contributed by atoms with Gasteiger partial charge in [-0.2, -0.15) is 0 Å². The van der Waals surface area contributed by atoms with Crippen LogP contribution in [0.25, 0.3) is 0 Å². The maximum Gasteiger partial charge on any atom is 0.140 e. The molecule has 1 rings (SSSR count). The zero-order valence-electron chi connectivity index (χ0n) is 7.26. The predicted octanol–water partition coefficient (Wildman–Crippen LogP) is 1.70. The second-order valence-corrected chi connectivity index (χ2v) is 1.86. The van der Waals surface area contributed by atoms with Crippen LogP contribution in [0, 0.1) is 6.92 Å². The average molecular weight is 153 g/mol. The fourth-order valence-electron chi connectivity index (χ4n) is 0.615. The van der Waals surface area contributed by atoms with Crippen LogP contribution in [-0.2, 0) is 0 Å². The normalized spacial score (nSPS) is 8.00. The Labute approximate surface area is 67.6 Å². The van der Waals surface area contributed by atoms with E-state index in [1.165, 1.54) is 0 Å². The summed E-state index contributed by atoms with van der Waals surface area (Å²) in [5.74, 6) is 5.81. The highest BCUT2D eigenvalue weighted by atomic mass is 15.2. The summed E-state index contributed by atoms with van der Waals surface area (Å²) in [6.07, 6.45) is 1.71. The summed E-state index contributed by atoms with van der Waals surface area (Å²) in [4.78, 5) is 3.92. The molecule has 1 aromatic rings. The Bertz CT molecular complexity index is 198. The lowest BCUT2D eigenvalue weighted by Crippen LogP contribution is -2.07. The second kappa shape index (κ2) is 5.68. The number of pyridine rings is 1. The molecule has 0 aliphatic rings. The van der Waals surface area contributed by atoms with Gasteiger partial charge in [-0.15, -0.1) is 0 Å². The van der Waals surface area contributed by atoms with Gasteiger partial charge in [0.1, 0.15) is 5.82 Å². The summed E-state index contributed by atoms with van der Waals surface area (Å²) in [7, 11) is 0. The molecular formula is C8H15N3. The zero-order valence-corrected chi connectivity index (χ0v) is 7.26. The molecule has 0 radical (unpaired) electrons. The topological polar surface area (TPSA) is 50.9 Å². The van der Waals surface area contributed by atoms with E-state index in [0.29, 0.717) is 5.82 Å². The SMILES string of the molecule is CC.Cc1ccnc(NN)c1. The van der Waals surface area contributed by atoms with Crippen molar-refractivity contribution in [3.63, 3.8) is 0 Å². The molecule has 0 fully saturated rings. The van der Waals surface area contributed by atoms with Crippen molar-refractivity contribution < 1.29 is 0 Å². The molecule has 0 aliphatic carbocycles. The fourth-order valence-corrected chi connectivity index (χ4v) is 0.615. The summed E-state index contributed by atoms with van der Waals surface area (Å²) in [5.41, 5.74) is 3.61. The Kier molecular flexibility index (Phi) is 5.11. The quantitative estimate of drug-likeness (QED) is 0.477. The van der Waals surface area contributed by atoms with Crippen molar-refractivity contribution in [3.8, 4) is 0 Å². The maximum atomic E-state index is 5.11. The molecule has 0 aliphatic heterocycles. The van der Waals surface area contributed by atoms with Crippen molar-refractivity contribution in [2.24, 2.45) is 5.84 Å². The first kappa shape index (κ1) is 9.91. The summed E-state index contributed by atoms with van der Waals surface area (Å²) in [6.45, 7) is 5.99. The lowest BCUT2D eigenvalue weighted by Gasteiger charge is -1.96. The van der Waals surface area contributed by atoms with Crippen molar-refractivity contribution in [1.29, 1.82) is 0 Å².